The molecule has 0 aliphatic rings. The van der Waals surface area contributed by atoms with Crippen molar-refractivity contribution in [2.75, 3.05) is 25.5 Å². The van der Waals surface area contributed by atoms with Crippen molar-refractivity contribution in [3.05, 3.63) is 119 Å². The lowest BCUT2D eigenvalue weighted by Gasteiger charge is -2.36. The summed E-state index contributed by atoms with van der Waals surface area (Å²) in [4.78, 5) is 20.8. The van der Waals surface area contributed by atoms with Gasteiger partial charge >= 0.3 is 5.97 Å². The first-order valence-electron chi connectivity index (χ1n) is 12.0. The van der Waals surface area contributed by atoms with Gasteiger partial charge in [0.1, 0.15) is 18.3 Å². The number of hydrogen-bond donors (Lipinski definition) is 3. The molecule has 0 saturated carbocycles. The van der Waals surface area contributed by atoms with E-state index in [-0.39, 0.29) is 11.4 Å². The number of nitrogens with zero attached hydrogens (tertiary/aromatic N) is 2. The summed E-state index contributed by atoms with van der Waals surface area (Å²) >= 11 is 1.31. The Morgan fingerprint density at radius 1 is 0.892 bits per heavy atom. The van der Waals surface area contributed by atoms with Crippen LogP contribution in [-0.4, -0.2) is 42.0 Å². The van der Waals surface area contributed by atoms with E-state index in [1.165, 1.54) is 18.4 Å². The monoisotopic (exact) mass is 516 g/mol. The molecule has 37 heavy (non-hydrogen) atoms. The van der Waals surface area contributed by atoms with Gasteiger partial charge in [0.25, 0.3) is 0 Å². The lowest BCUT2D eigenvalue weighted by atomic mass is 9.77. The Morgan fingerprint density at radius 3 is 1.70 bits per heavy atom. The highest BCUT2D eigenvalue weighted by molar-refractivity contribution is 7.14. The fourth-order valence-corrected chi connectivity index (χ4v) is 4.67. The van der Waals surface area contributed by atoms with E-state index in [4.69, 9.17) is 0 Å². The van der Waals surface area contributed by atoms with E-state index in [0.29, 0.717) is 5.13 Å². The van der Waals surface area contributed by atoms with Crippen LogP contribution in [0.5, 0.6) is 0 Å². The van der Waals surface area contributed by atoms with E-state index in [9.17, 15) is 9.90 Å². The SMILES string of the molecule is CCNCC.CON=C(C(=O)O)c1csc(NC(c2ccccc2)(c2ccccc2)c2ccccc2)n1. The number of aliphatic carboxylic acids is 1. The fourth-order valence-electron chi connectivity index (χ4n) is 3.92. The van der Waals surface area contributed by atoms with Crippen LogP contribution < -0.4 is 10.6 Å². The number of aromatic nitrogens is 1. The van der Waals surface area contributed by atoms with Crippen LogP contribution in [0, 0.1) is 0 Å². The highest BCUT2D eigenvalue weighted by Crippen LogP contribution is 2.40. The zero-order valence-corrected chi connectivity index (χ0v) is 22.0. The Kier molecular flexibility index (Phi) is 10.4. The molecule has 0 unspecified atom stereocenters. The van der Waals surface area contributed by atoms with Crippen LogP contribution in [0.25, 0.3) is 0 Å². The van der Waals surface area contributed by atoms with Crippen molar-refractivity contribution in [3.63, 3.8) is 0 Å². The van der Waals surface area contributed by atoms with Crippen LogP contribution in [0.2, 0.25) is 0 Å². The summed E-state index contributed by atoms with van der Waals surface area (Å²) in [5.41, 5.74) is 2.31. The van der Waals surface area contributed by atoms with E-state index in [1.54, 1.807) is 5.38 Å². The van der Waals surface area contributed by atoms with Gasteiger partial charge in [-0.15, -0.1) is 11.3 Å². The molecular formula is C29H32N4O3S. The lowest BCUT2D eigenvalue weighted by molar-refractivity contribution is -0.129. The van der Waals surface area contributed by atoms with Gasteiger partial charge in [0.2, 0.25) is 5.71 Å². The van der Waals surface area contributed by atoms with Crippen molar-refractivity contribution in [1.29, 1.82) is 0 Å². The molecule has 7 nitrogen and oxygen atoms in total. The Labute approximate surface area is 221 Å². The van der Waals surface area contributed by atoms with Gasteiger partial charge in [0.05, 0.1) is 0 Å². The third kappa shape index (κ3) is 6.81. The van der Waals surface area contributed by atoms with Gasteiger partial charge in [-0.2, -0.15) is 0 Å². The van der Waals surface area contributed by atoms with Gasteiger partial charge in [-0.25, -0.2) is 9.78 Å². The first-order valence-corrected chi connectivity index (χ1v) is 12.9. The number of carbonyl (C=O) groups is 1. The van der Waals surface area contributed by atoms with Crippen LogP contribution in [0.4, 0.5) is 5.13 Å². The number of benzene rings is 3. The Morgan fingerprint density at radius 2 is 1.35 bits per heavy atom. The number of nitrogens with one attached hydrogen (secondary N) is 2. The summed E-state index contributed by atoms with van der Waals surface area (Å²) in [6, 6.07) is 30.3. The summed E-state index contributed by atoms with van der Waals surface area (Å²) in [5, 5.41) is 22.0. The zero-order valence-electron chi connectivity index (χ0n) is 21.2. The van der Waals surface area contributed by atoms with Gasteiger partial charge in [-0.3, -0.25) is 0 Å². The molecule has 0 radical (unpaired) electrons. The maximum absolute atomic E-state index is 11.6. The summed E-state index contributed by atoms with van der Waals surface area (Å²) in [5.74, 6) is -1.20. The van der Waals surface area contributed by atoms with Crippen molar-refractivity contribution in [1.82, 2.24) is 10.3 Å². The second-order valence-electron chi connectivity index (χ2n) is 7.90. The number of thiazole rings is 1. The molecule has 4 aromatic rings. The van der Waals surface area contributed by atoms with Gasteiger partial charge in [-0.1, -0.05) is 110 Å². The molecule has 0 bridgehead atoms. The second-order valence-corrected chi connectivity index (χ2v) is 8.75. The highest BCUT2D eigenvalue weighted by Gasteiger charge is 2.37. The smallest absolute Gasteiger partial charge is 0.360 e. The van der Waals surface area contributed by atoms with E-state index in [2.05, 4.69) is 75.9 Å². The predicted molar refractivity (Wildman–Crippen MR) is 150 cm³/mol. The number of anilines is 1. The molecule has 1 heterocycles. The van der Waals surface area contributed by atoms with Gasteiger partial charge in [-0.05, 0) is 29.8 Å². The first kappa shape index (κ1) is 27.6. The molecular weight excluding hydrogens is 484 g/mol. The molecule has 8 heteroatoms. The van der Waals surface area contributed by atoms with Crippen molar-refractivity contribution in [2.45, 2.75) is 19.4 Å². The van der Waals surface area contributed by atoms with E-state index >= 15 is 0 Å². The third-order valence-corrected chi connectivity index (χ3v) is 6.30. The first-order chi connectivity index (χ1) is 18.1. The maximum Gasteiger partial charge on any atom is 0.360 e. The average molecular weight is 517 g/mol. The molecule has 4 rings (SSSR count). The van der Waals surface area contributed by atoms with Crippen molar-refractivity contribution in [3.8, 4) is 0 Å². The van der Waals surface area contributed by atoms with Crippen LogP contribution in [0.15, 0.2) is 102 Å². The van der Waals surface area contributed by atoms with Crippen molar-refractivity contribution in [2.24, 2.45) is 5.16 Å². The van der Waals surface area contributed by atoms with Crippen LogP contribution >= 0.6 is 11.3 Å². The van der Waals surface area contributed by atoms with Gasteiger partial charge in [0, 0.05) is 5.38 Å². The number of carboxylic acid groups (broad SMARTS) is 1. The zero-order chi connectivity index (χ0) is 26.5. The normalized spacial score (nSPS) is 11.3. The summed E-state index contributed by atoms with van der Waals surface area (Å²) in [7, 11) is 1.31. The van der Waals surface area contributed by atoms with E-state index < -0.39 is 11.5 Å². The minimum absolute atomic E-state index is 0.231. The molecule has 3 aromatic carbocycles. The Bertz CT molecular complexity index is 1160. The number of carboxylic acids is 1. The highest BCUT2D eigenvalue weighted by atomic mass is 32.1. The van der Waals surface area contributed by atoms with Crippen molar-refractivity contribution >= 4 is 28.1 Å². The minimum atomic E-state index is -1.20. The Hall–Kier alpha value is -4.01. The summed E-state index contributed by atoms with van der Waals surface area (Å²) < 4.78 is 0. The molecule has 0 amide bonds. The van der Waals surface area contributed by atoms with E-state index in [0.717, 1.165) is 29.8 Å². The van der Waals surface area contributed by atoms with E-state index in [1.807, 2.05) is 54.6 Å². The average Bonchev–Trinajstić information content (AvgIpc) is 3.40. The van der Waals surface area contributed by atoms with Gasteiger partial charge < -0.3 is 20.6 Å². The van der Waals surface area contributed by atoms with Crippen LogP contribution in [0.1, 0.15) is 36.2 Å². The largest absolute Gasteiger partial charge is 0.476 e. The summed E-state index contributed by atoms with van der Waals surface area (Å²) in [6.45, 7) is 6.39. The molecule has 1 aromatic heterocycles. The number of rotatable bonds is 10. The van der Waals surface area contributed by atoms with Crippen LogP contribution in [0.3, 0.4) is 0 Å². The molecule has 0 atom stereocenters. The molecule has 192 valence electrons. The molecule has 0 saturated heterocycles. The molecule has 0 fully saturated rings. The maximum atomic E-state index is 11.6. The number of hydrogen-bond acceptors (Lipinski definition) is 7. The quantitative estimate of drug-likeness (QED) is 0.144. The summed E-state index contributed by atoms with van der Waals surface area (Å²) in [6.07, 6.45) is 0. The topological polar surface area (TPSA) is 95.8 Å². The standard InChI is InChI=1S/C25H21N3O3S.C4H11N/c1-31-28-22(23(29)30)21-17-32-24(26-21)27-25(18-11-5-2-6-12-18,19-13-7-3-8-14-19)20-15-9-4-10-16-20;1-3-5-4-2/h2-17H,1H3,(H,26,27)(H,29,30);5H,3-4H2,1-2H3. The van der Waals surface area contributed by atoms with Crippen LogP contribution in [-0.2, 0) is 15.2 Å². The van der Waals surface area contributed by atoms with Crippen molar-refractivity contribution < 1.29 is 14.7 Å². The van der Waals surface area contributed by atoms with Gasteiger partial charge in [0.15, 0.2) is 5.13 Å². The third-order valence-electron chi connectivity index (χ3n) is 5.55. The molecule has 0 spiro atoms. The lowest BCUT2D eigenvalue weighted by Crippen LogP contribution is -2.38. The minimum Gasteiger partial charge on any atom is -0.476 e. The Balaban J connectivity index is 0.000000695. The molecule has 0 aliphatic carbocycles. The number of oxime groups is 1. The fraction of sp³-hybridized carbons (Fsp3) is 0.207. The molecule has 3 N–H and O–H groups in total. The predicted octanol–water partition coefficient (Wildman–Crippen LogP) is 5.60. The molecule has 0 aliphatic heterocycles. The second kappa shape index (κ2) is 13.9.